The van der Waals surface area contributed by atoms with E-state index in [1.807, 2.05) is 7.05 Å². The summed E-state index contributed by atoms with van der Waals surface area (Å²) in [6, 6.07) is 0. The molecule has 0 bridgehead atoms. The van der Waals surface area contributed by atoms with Crippen molar-refractivity contribution in [3.63, 3.8) is 0 Å². The van der Waals surface area contributed by atoms with Crippen molar-refractivity contribution in [3.8, 4) is 0 Å². The molecule has 0 heterocycles. The van der Waals surface area contributed by atoms with E-state index in [4.69, 9.17) is 0 Å². The highest BCUT2D eigenvalue weighted by atomic mass is 32.2. The van der Waals surface area contributed by atoms with Crippen LogP contribution in [0.1, 0.15) is 27.2 Å². The normalized spacial score (nSPS) is 13.6. The fourth-order valence-electron chi connectivity index (χ4n) is 1.49. The Morgan fingerprint density at radius 1 is 1.21 bits per heavy atom. The quantitative estimate of drug-likeness (QED) is 0.704. The van der Waals surface area contributed by atoms with Gasteiger partial charge in [0.2, 0.25) is 0 Å². The summed E-state index contributed by atoms with van der Waals surface area (Å²) in [5, 5.41) is 0. The molecule has 0 atom stereocenters. The summed E-state index contributed by atoms with van der Waals surface area (Å²) < 4.78 is 21.8. The first-order chi connectivity index (χ1) is 6.10. The third-order valence-corrected chi connectivity index (χ3v) is 2.83. The van der Waals surface area contributed by atoms with E-state index >= 15 is 0 Å². The summed E-state index contributed by atoms with van der Waals surface area (Å²) >= 11 is 0. The van der Waals surface area contributed by atoms with Crippen molar-refractivity contribution in [2.75, 3.05) is 32.1 Å². The van der Waals surface area contributed by atoms with Crippen LogP contribution in [-0.2, 0) is 9.84 Å². The van der Waals surface area contributed by atoms with Gasteiger partial charge in [0.05, 0.1) is 5.75 Å². The fourth-order valence-corrected chi connectivity index (χ4v) is 2.14. The lowest BCUT2D eigenvalue weighted by Gasteiger charge is -2.26. The largest absolute Gasteiger partial charge is 0.306 e. The summed E-state index contributed by atoms with van der Waals surface area (Å²) in [7, 11) is -0.755. The Balaban J connectivity index is 3.71. The number of rotatable bonds is 5. The van der Waals surface area contributed by atoms with Crippen LogP contribution in [0.2, 0.25) is 0 Å². The van der Waals surface area contributed by atoms with Gasteiger partial charge < -0.3 is 4.90 Å². The minimum atomic E-state index is -2.79. The average molecular weight is 221 g/mol. The average Bonchev–Trinajstić information content (AvgIpc) is 1.78. The summed E-state index contributed by atoms with van der Waals surface area (Å²) in [5.74, 6) is 0.293. The zero-order chi connectivity index (χ0) is 11.4. The van der Waals surface area contributed by atoms with E-state index in [2.05, 4.69) is 25.7 Å². The number of hydrogen-bond donors (Lipinski definition) is 0. The first-order valence-electron chi connectivity index (χ1n) is 4.96. The van der Waals surface area contributed by atoms with Crippen LogP contribution in [0.4, 0.5) is 0 Å². The fraction of sp³-hybridized carbons (Fsp3) is 1.00. The molecule has 0 aromatic carbocycles. The summed E-state index contributed by atoms with van der Waals surface area (Å²) in [4.78, 5) is 2.19. The Kier molecular flexibility index (Phi) is 5.09. The molecule has 4 heteroatoms. The van der Waals surface area contributed by atoms with Crippen LogP contribution in [0.25, 0.3) is 0 Å². The van der Waals surface area contributed by atoms with E-state index in [0.29, 0.717) is 5.75 Å². The van der Waals surface area contributed by atoms with E-state index in [1.54, 1.807) is 0 Å². The molecular weight excluding hydrogens is 198 g/mol. The van der Waals surface area contributed by atoms with Gasteiger partial charge in [-0.3, -0.25) is 0 Å². The minimum absolute atomic E-state index is 0.278. The molecule has 0 aromatic heterocycles. The second-order valence-electron chi connectivity index (χ2n) is 5.28. The SMILES string of the molecule is CN(CCCS(C)(=O)=O)CC(C)(C)C. The predicted molar refractivity (Wildman–Crippen MR) is 61.3 cm³/mol. The summed E-state index contributed by atoms with van der Waals surface area (Å²) in [5.41, 5.74) is 0.278. The number of sulfone groups is 1. The van der Waals surface area contributed by atoms with E-state index in [9.17, 15) is 8.42 Å². The summed E-state index contributed by atoms with van der Waals surface area (Å²) in [6.45, 7) is 8.39. The topological polar surface area (TPSA) is 37.4 Å². The number of hydrogen-bond acceptors (Lipinski definition) is 3. The maximum absolute atomic E-state index is 10.9. The highest BCUT2D eigenvalue weighted by Crippen LogP contribution is 2.14. The van der Waals surface area contributed by atoms with Crippen LogP contribution in [-0.4, -0.2) is 45.5 Å². The highest BCUT2D eigenvalue weighted by molar-refractivity contribution is 7.90. The monoisotopic (exact) mass is 221 g/mol. The van der Waals surface area contributed by atoms with Gasteiger partial charge in [0.15, 0.2) is 0 Å². The second-order valence-corrected chi connectivity index (χ2v) is 7.54. The molecular formula is C10H23NO2S. The van der Waals surface area contributed by atoms with Gasteiger partial charge in [0, 0.05) is 12.8 Å². The Bertz CT molecular complexity index is 252. The van der Waals surface area contributed by atoms with E-state index in [1.165, 1.54) is 6.26 Å². The molecule has 0 aromatic rings. The van der Waals surface area contributed by atoms with Crippen LogP contribution in [0.3, 0.4) is 0 Å². The first-order valence-corrected chi connectivity index (χ1v) is 7.02. The molecule has 0 unspecified atom stereocenters. The summed E-state index contributed by atoms with van der Waals surface area (Å²) in [6.07, 6.45) is 2.02. The third kappa shape index (κ3) is 9.99. The van der Waals surface area contributed by atoms with Crippen LogP contribution in [0, 0.1) is 5.41 Å². The van der Waals surface area contributed by atoms with Crippen LogP contribution < -0.4 is 0 Å². The molecule has 0 N–H and O–H groups in total. The van der Waals surface area contributed by atoms with E-state index in [-0.39, 0.29) is 5.41 Å². The Labute approximate surface area is 88.4 Å². The Morgan fingerprint density at radius 3 is 2.07 bits per heavy atom. The molecule has 3 nitrogen and oxygen atoms in total. The van der Waals surface area contributed by atoms with E-state index in [0.717, 1.165) is 19.5 Å². The lowest BCUT2D eigenvalue weighted by atomic mass is 9.96. The van der Waals surface area contributed by atoms with Gasteiger partial charge in [-0.1, -0.05) is 20.8 Å². The van der Waals surface area contributed by atoms with Crippen molar-refractivity contribution < 1.29 is 8.42 Å². The predicted octanol–water partition coefficient (Wildman–Crippen LogP) is 1.40. The molecule has 0 radical (unpaired) electrons. The molecule has 0 amide bonds. The highest BCUT2D eigenvalue weighted by Gasteiger charge is 2.13. The second kappa shape index (κ2) is 5.12. The standard InChI is InChI=1S/C10H23NO2S/c1-10(2,3)9-11(4)7-6-8-14(5,12)13/h6-9H2,1-5H3. The zero-order valence-electron chi connectivity index (χ0n) is 10.0. The molecule has 0 rings (SSSR count). The van der Waals surface area contributed by atoms with Gasteiger partial charge in [0.25, 0.3) is 0 Å². The maximum Gasteiger partial charge on any atom is 0.147 e. The van der Waals surface area contributed by atoms with Crippen molar-refractivity contribution in [3.05, 3.63) is 0 Å². The molecule has 14 heavy (non-hydrogen) atoms. The molecule has 0 fully saturated rings. The van der Waals surface area contributed by atoms with Crippen LogP contribution in [0.15, 0.2) is 0 Å². The Morgan fingerprint density at radius 2 is 1.71 bits per heavy atom. The van der Waals surface area contributed by atoms with Crippen molar-refractivity contribution in [1.29, 1.82) is 0 Å². The lowest BCUT2D eigenvalue weighted by Crippen LogP contribution is -2.30. The molecule has 0 aliphatic heterocycles. The Hall–Kier alpha value is -0.0900. The van der Waals surface area contributed by atoms with Gasteiger partial charge in [-0.15, -0.1) is 0 Å². The van der Waals surface area contributed by atoms with Gasteiger partial charge in [-0.25, -0.2) is 8.42 Å². The smallest absolute Gasteiger partial charge is 0.147 e. The van der Waals surface area contributed by atoms with Gasteiger partial charge in [0.1, 0.15) is 9.84 Å². The van der Waals surface area contributed by atoms with E-state index < -0.39 is 9.84 Å². The number of nitrogens with zero attached hydrogens (tertiary/aromatic N) is 1. The molecule has 0 aliphatic rings. The van der Waals surface area contributed by atoms with Gasteiger partial charge in [-0.05, 0) is 25.4 Å². The van der Waals surface area contributed by atoms with Gasteiger partial charge >= 0.3 is 0 Å². The molecule has 86 valence electrons. The molecule has 0 spiro atoms. The van der Waals surface area contributed by atoms with Crippen LogP contribution >= 0.6 is 0 Å². The van der Waals surface area contributed by atoms with Crippen molar-refractivity contribution in [1.82, 2.24) is 4.90 Å². The van der Waals surface area contributed by atoms with Crippen molar-refractivity contribution >= 4 is 9.84 Å². The molecule has 0 saturated heterocycles. The molecule has 0 saturated carbocycles. The maximum atomic E-state index is 10.9. The van der Waals surface area contributed by atoms with Gasteiger partial charge in [-0.2, -0.15) is 0 Å². The van der Waals surface area contributed by atoms with Crippen molar-refractivity contribution in [2.24, 2.45) is 5.41 Å². The lowest BCUT2D eigenvalue weighted by molar-refractivity contribution is 0.228. The first kappa shape index (κ1) is 13.9. The molecule has 0 aliphatic carbocycles. The van der Waals surface area contributed by atoms with Crippen LogP contribution in [0.5, 0.6) is 0 Å². The van der Waals surface area contributed by atoms with Crippen molar-refractivity contribution in [2.45, 2.75) is 27.2 Å². The zero-order valence-corrected chi connectivity index (χ0v) is 10.8. The minimum Gasteiger partial charge on any atom is -0.306 e. The third-order valence-electron chi connectivity index (χ3n) is 1.80.